The molecule has 0 aromatic carbocycles. The number of hydrogen-bond donors (Lipinski definition) is 14. The van der Waals surface area contributed by atoms with Crippen molar-refractivity contribution in [1.29, 1.82) is 0 Å². The van der Waals surface area contributed by atoms with Crippen molar-refractivity contribution in [2.45, 2.75) is 220 Å². The molecule has 0 bridgehead atoms. The zero-order valence-electron chi connectivity index (χ0n) is 35.0. The molecule has 4 aliphatic heterocycles. The third-order valence-corrected chi connectivity index (χ3v) is 11.8. The maximum absolute atomic E-state index is 11.5. The number of carboxylic acids is 1. The average Bonchev–Trinajstić information content (AvgIpc) is 3.24. The van der Waals surface area contributed by atoms with Crippen LogP contribution in [0.4, 0.5) is 0 Å². The van der Waals surface area contributed by atoms with Crippen molar-refractivity contribution in [2.24, 2.45) is 0 Å². The maximum atomic E-state index is 11.5. The highest BCUT2D eigenvalue weighted by Crippen LogP contribution is 2.35. The largest absolute Gasteiger partial charge is 0.481 e. The van der Waals surface area contributed by atoms with Crippen LogP contribution in [0.15, 0.2) is 0 Å². The van der Waals surface area contributed by atoms with Crippen molar-refractivity contribution in [3.8, 4) is 0 Å². The van der Waals surface area contributed by atoms with Crippen molar-refractivity contribution in [3.05, 3.63) is 0 Å². The average molecular weight is 907 g/mol. The predicted molar refractivity (Wildman–Crippen MR) is 205 cm³/mol. The van der Waals surface area contributed by atoms with Crippen molar-refractivity contribution in [3.63, 3.8) is 0 Å². The van der Waals surface area contributed by atoms with Crippen LogP contribution >= 0.6 is 0 Å². The molecule has 22 unspecified atom stereocenters. The lowest BCUT2D eigenvalue weighted by Crippen LogP contribution is -2.67. The number of aliphatic hydroxyl groups excluding tert-OH is 13. The smallest absolute Gasteiger partial charge is 0.303 e. The van der Waals surface area contributed by atoms with E-state index in [2.05, 4.69) is 0 Å². The molecule has 0 radical (unpaired) electrons. The monoisotopic (exact) mass is 906 g/mol. The first-order valence-electron chi connectivity index (χ1n) is 21.6. The van der Waals surface area contributed by atoms with Crippen LogP contribution < -0.4 is 0 Å². The molecule has 4 rings (SSSR count). The summed E-state index contributed by atoms with van der Waals surface area (Å²) in [4.78, 5) is 10.7. The van der Waals surface area contributed by atoms with Gasteiger partial charge in [-0.05, 0) is 32.6 Å². The Bertz CT molecular complexity index is 1290. The van der Waals surface area contributed by atoms with Gasteiger partial charge in [-0.15, -0.1) is 0 Å². The molecule has 4 heterocycles. The molecule has 0 saturated carbocycles. The van der Waals surface area contributed by atoms with E-state index in [4.69, 9.17) is 43.0 Å². The molecular formula is C39H70O23. The summed E-state index contributed by atoms with van der Waals surface area (Å²) in [5, 5.41) is 147. The molecule has 4 saturated heterocycles. The van der Waals surface area contributed by atoms with Gasteiger partial charge in [0.25, 0.3) is 0 Å². The Labute approximate surface area is 359 Å². The summed E-state index contributed by atoms with van der Waals surface area (Å²) >= 11 is 0. The summed E-state index contributed by atoms with van der Waals surface area (Å²) < 4.78 is 45.9. The van der Waals surface area contributed by atoms with E-state index in [1.807, 2.05) is 6.92 Å². The first-order chi connectivity index (χ1) is 29.5. The van der Waals surface area contributed by atoms with Crippen LogP contribution in [0.1, 0.15) is 84.5 Å². The Morgan fingerprint density at radius 2 is 0.952 bits per heavy atom. The molecule has 0 spiro atoms. The van der Waals surface area contributed by atoms with Gasteiger partial charge in [0.05, 0.1) is 38.1 Å². The van der Waals surface area contributed by atoms with Gasteiger partial charge in [-0.3, -0.25) is 4.79 Å². The van der Waals surface area contributed by atoms with E-state index in [1.165, 1.54) is 6.92 Å². The molecular weight excluding hydrogens is 836 g/mol. The first kappa shape index (κ1) is 53.2. The fraction of sp³-hybridized carbons (Fsp3) is 0.974. The van der Waals surface area contributed by atoms with Crippen LogP contribution in [0.2, 0.25) is 0 Å². The van der Waals surface area contributed by atoms with Crippen LogP contribution in [-0.2, 0) is 42.7 Å². The molecule has 0 aromatic heterocycles. The highest BCUT2D eigenvalue weighted by atomic mass is 16.8. The van der Waals surface area contributed by atoms with Crippen molar-refractivity contribution in [1.82, 2.24) is 0 Å². The van der Waals surface area contributed by atoms with Gasteiger partial charge in [0.2, 0.25) is 0 Å². The summed E-state index contributed by atoms with van der Waals surface area (Å²) in [7, 11) is 0. The zero-order chi connectivity index (χ0) is 45.8. The molecule has 4 aliphatic rings. The topological polar surface area (TPSA) is 374 Å². The van der Waals surface area contributed by atoms with Gasteiger partial charge in [-0.2, -0.15) is 0 Å². The number of carbonyl (C=O) groups is 1. The van der Waals surface area contributed by atoms with E-state index in [0.717, 1.165) is 32.1 Å². The number of rotatable bonds is 24. The standard InChI is InChI=1S/C39H70O23/c1-3-9-19(11-8-6-4-5-7-10-18(43)12-13-23(44)45)56-38-31(53)34(26(48)21(15-41)58-38)62-39-32(54)35(27(49)22(16-42)59-39)61-37-30(52)33(24(46)17(2)55-37)60-36-29(51)28(50)25(47)20(14-40)57-36/h17-22,24-43,46-54H,3-16H2,1-2H3,(H,44,45). The first-order valence-corrected chi connectivity index (χ1v) is 21.6. The van der Waals surface area contributed by atoms with Crippen molar-refractivity contribution < 1.29 is 114 Å². The summed E-state index contributed by atoms with van der Waals surface area (Å²) in [6.45, 7) is 0.914. The van der Waals surface area contributed by atoms with Crippen LogP contribution in [0, 0.1) is 0 Å². The molecule has 14 N–H and O–H groups in total. The van der Waals surface area contributed by atoms with Crippen molar-refractivity contribution in [2.75, 3.05) is 19.8 Å². The third kappa shape index (κ3) is 13.8. The Morgan fingerprint density at radius 1 is 0.516 bits per heavy atom. The van der Waals surface area contributed by atoms with E-state index in [0.29, 0.717) is 25.7 Å². The fourth-order valence-corrected chi connectivity index (χ4v) is 8.08. The zero-order valence-corrected chi connectivity index (χ0v) is 35.0. The second-order valence-electron chi connectivity index (χ2n) is 16.6. The van der Waals surface area contributed by atoms with E-state index in [-0.39, 0.29) is 12.8 Å². The molecule has 4 fully saturated rings. The van der Waals surface area contributed by atoms with Gasteiger partial charge in [0.15, 0.2) is 25.2 Å². The highest BCUT2D eigenvalue weighted by Gasteiger charge is 2.55. The summed E-state index contributed by atoms with van der Waals surface area (Å²) in [6.07, 6.45) is -28.4. The molecule has 364 valence electrons. The van der Waals surface area contributed by atoms with E-state index in [9.17, 15) is 71.2 Å². The van der Waals surface area contributed by atoms with E-state index < -0.39 is 161 Å². The van der Waals surface area contributed by atoms with Crippen LogP contribution in [0.25, 0.3) is 0 Å². The second kappa shape index (κ2) is 25.5. The Morgan fingerprint density at radius 3 is 1.47 bits per heavy atom. The molecule has 0 aromatic rings. The molecule has 0 amide bonds. The Kier molecular flexibility index (Phi) is 21.9. The van der Waals surface area contributed by atoms with Gasteiger partial charge in [-0.1, -0.05) is 45.4 Å². The van der Waals surface area contributed by atoms with Gasteiger partial charge in [0, 0.05) is 6.42 Å². The van der Waals surface area contributed by atoms with Gasteiger partial charge in [-0.25, -0.2) is 0 Å². The maximum Gasteiger partial charge on any atom is 0.303 e. The Balaban J connectivity index is 1.40. The quantitative estimate of drug-likeness (QED) is 0.0405. The minimum absolute atomic E-state index is 0.0843. The van der Waals surface area contributed by atoms with Crippen molar-refractivity contribution >= 4 is 5.97 Å². The third-order valence-electron chi connectivity index (χ3n) is 11.8. The number of ether oxygens (including phenoxy) is 8. The highest BCUT2D eigenvalue weighted by molar-refractivity contribution is 5.66. The molecule has 62 heavy (non-hydrogen) atoms. The second-order valence-corrected chi connectivity index (χ2v) is 16.6. The lowest BCUT2D eigenvalue weighted by atomic mass is 9.95. The molecule has 23 nitrogen and oxygen atoms in total. The van der Waals surface area contributed by atoms with Crippen LogP contribution in [0.3, 0.4) is 0 Å². The normalized spacial score (nSPS) is 42.7. The van der Waals surface area contributed by atoms with Crippen LogP contribution in [-0.4, -0.2) is 232 Å². The van der Waals surface area contributed by atoms with Crippen LogP contribution in [0.5, 0.6) is 0 Å². The van der Waals surface area contributed by atoms with E-state index >= 15 is 0 Å². The SMILES string of the molecule is CCCC(CCCCCCCC(O)CCC(=O)O)OC1OC(CO)C(O)C(OC2OC(CO)C(O)C(OC3OC(C)C(O)C(OC4OC(CO)C(O)C(O)C4O)C3O)C2O)C1O. The Hall–Kier alpha value is -1.37. The molecule has 22 atom stereocenters. The molecule has 23 heteroatoms. The minimum Gasteiger partial charge on any atom is -0.481 e. The van der Waals surface area contributed by atoms with Gasteiger partial charge >= 0.3 is 5.97 Å². The lowest BCUT2D eigenvalue weighted by Gasteiger charge is -2.49. The fourth-order valence-electron chi connectivity index (χ4n) is 8.08. The predicted octanol–water partition coefficient (Wildman–Crippen LogP) is -4.57. The summed E-state index contributed by atoms with van der Waals surface area (Å²) in [5.41, 5.74) is 0. The minimum atomic E-state index is -1.99. The summed E-state index contributed by atoms with van der Waals surface area (Å²) in [6, 6.07) is 0. The molecule has 0 aliphatic carbocycles. The van der Waals surface area contributed by atoms with Gasteiger partial charge < -0.3 is 109 Å². The summed E-state index contributed by atoms with van der Waals surface area (Å²) in [5.74, 6) is -0.950. The lowest BCUT2D eigenvalue weighted by molar-refractivity contribution is -0.389. The van der Waals surface area contributed by atoms with E-state index in [1.54, 1.807) is 0 Å². The van der Waals surface area contributed by atoms with Gasteiger partial charge in [0.1, 0.15) is 91.6 Å². The number of aliphatic hydroxyl groups is 13. The number of hydrogen-bond acceptors (Lipinski definition) is 22. The number of unbranched alkanes of at least 4 members (excludes halogenated alkanes) is 4. The number of aliphatic carboxylic acids is 1. The number of carboxylic acid groups (broad SMARTS) is 1.